The van der Waals surface area contributed by atoms with Crippen LogP contribution < -0.4 is 4.90 Å². The summed E-state index contributed by atoms with van der Waals surface area (Å²) in [6, 6.07) is 106. The molecule has 0 aliphatic heterocycles. The number of aromatic nitrogens is 1. The fourth-order valence-corrected chi connectivity index (χ4v) is 10.7. The van der Waals surface area contributed by atoms with Gasteiger partial charge in [-0.05, 0) is 162 Å². The minimum Gasteiger partial charge on any atom is -0.310 e. The first-order chi connectivity index (χ1) is 35.7. The third kappa shape index (κ3) is 7.92. The van der Waals surface area contributed by atoms with Gasteiger partial charge in [-0.2, -0.15) is 0 Å². The van der Waals surface area contributed by atoms with E-state index >= 15 is 0 Å². The molecule has 0 bridgehead atoms. The molecule has 13 aromatic rings. The summed E-state index contributed by atoms with van der Waals surface area (Å²) in [6.45, 7) is 0. The van der Waals surface area contributed by atoms with Crippen LogP contribution in [0, 0.1) is 0 Å². The van der Waals surface area contributed by atoms with Gasteiger partial charge in [0.05, 0.1) is 11.0 Å². The summed E-state index contributed by atoms with van der Waals surface area (Å²) < 4.78 is 2.43. The minimum absolute atomic E-state index is 1.06. The third-order valence-corrected chi connectivity index (χ3v) is 14.1. The molecular weight excluding hydrogens is 869 g/mol. The molecule has 72 heavy (non-hydrogen) atoms. The summed E-state index contributed by atoms with van der Waals surface area (Å²) >= 11 is 0. The average molecular weight is 917 g/mol. The summed E-state index contributed by atoms with van der Waals surface area (Å²) in [5.41, 5.74) is 20.8. The van der Waals surface area contributed by atoms with E-state index in [2.05, 4.69) is 301 Å². The molecule has 0 saturated heterocycles. The Morgan fingerprint density at radius 3 is 1.19 bits per heavy atom. The van der Waals surface area contributed by atoms with Crippen molar-refractivity contribution in [2.24, 2.45) is 0 Å². The van der Waals surface area contributed by atoms with Crippen LogP contribution in [0.4, 0.5) is 17.1 Å². The average Bonchev–Trinajstić information content (AvgIpc) is 3.79. The van der Waals surface area contributed by atoms with E-state index < -0.39 is 0 Å². The lowest BCUT2D eigenvalue weighted by Gasteiger charge is -2.28. The topological polar surface area (TPSA) is 8.17 Å². The van der Waals surface area contributed by atoms with Crippen LogP contribution in [0.3, 0.4) is 0 Å². The second-order valence-corrected chi connectivity index (χ2v) is 18.5. The summed E-state index contributed by atoms with van der Waals surface area (Å²) in [7, 11) is 0. The summed E-state index contributed by atoms with van der Waals surface area (Å²) in [6.07, 6.45) is 0. The summed E-state index contributed by atoms with van der Waals surface area (Å²) in [4.78, 5) is 2.44. The van der Waals surface area contributed by atoms with Gasteiger partial charge >= 0.3 is 0 Å². The fraction of sp³-hybridized carbons (Fsp3) is 0. The number of hydrogen-bond acceptors (Lipinski definition) is 1. The lowest BCUT2D eigenvalue weighted by molar-refractivity contribution is 1.18. The van der Waals surface area contributed by atoms with Crippen LogP contribution in [0.1, 0.15) is 0 Å². The zero-order valence-electron chi connectivity index (χ0n) is 39.6. The van der Waals surface area contributed by atoms with E-state index in [1.807, 2.05) is 0 Å². The van der Waals surface area contributed by atoms with Crippen LogP contribution in [0.25, 0.3) is 105 Å². The molecule has 0 atom stereocenters. The Labute approximate surface area is 420 Å². The molecule has 0 unspecified atom stereocenters. The maximum Gasteiger partial charge on any atom is 0.0553 e. The van der Waals surface area contributed by atoms with Crippen LogP contribution >= 0.6 is 0 Å². The van der Waals surface area contributed by atoms with Gasteiger partial charge in [0, 0.05) is 33.5 Å². The molecule has 0 aliphatic carbocycles. The number of rotatable bonds is 10. The van der Waals surface area contributed by atoms with Crippen LogP contribution in [0.2, 0.25) is 0 Å². The van der Waals surface area contributed by atoms with Crippen molar-refractivity contribution >= 4 is 49.6 Å². The number of nitrogens with zero attached hydrogens (tertiary/aromatic N) is 2. The first kappa shape index (κ1) is 42.6. The van der Waals surface area contributed by atoms with E-state index in [0.29, 0.717) is 0 Å². The normalized spacial score (nSPS) is 11.3. The molecule has 0 spiro atoms. The van der Waals surface area contributed by atoms with Crippen LogP contribution in [0.15, 0.2) is 291 Å². The predicted molar refractivity (Wildman–Crippen MR) is 306 cm³/mol. The molecule has 0 fully saturated rings. The van der Waals surface area contributed by atoms with Gasteiger partial charge in [0.2, 0.25) is 0 Å². The molecule has 338 valence electrons. The molecule has 0 radical (unpaired) electrons. The number of hydrogen-bond donors (Lipinski definition) is 0. The van der Waals surface area contributed by atoms with Gasteiger partial charge in [-0.3, -0.25) is 0 Å². The van der Waals surface area contributed by atoms with E-state index in [-0.39, 0.29) is 0 Å². The standard InChI is InChI=1S/C70H48N2/c1-6-21-49(22-7-1)56-41-57(50-23-8-2-9-24-50)43-58(42-56)53-37-39-62(40-38-53)71(64-46-59(51-25-10-3-11-26-51)44-60(47-64)52-27-12-4-13-28-52)63-33-20-30-55(45-63)69-65-34-17-16-29-54(65)48-68-70(69)66-35-18-19-36-67(66)72(68)61-31-14-5-15-32-61/h1-48H. The molecule has 0 N–H and O–H groups in total. The first-order valence-electron chi connectivity index (χ1n) is 24.7. The lowest BCUT2D eigenvalue weighted by atomic mass is 9.92. The Hall–Kier alpha value is -9.50. The molecule has 0 aliphatic rings. The molecular formula is C70H48N2. The zero-order chi connectivity index (χ0) is 47.8. The molecule has 1 aromatic heterocycles. The molecule has 12 aromatic carbocycles. The van der Waals surface area contributed by atoms with Crippen LogP contribution in [0.5, 0.6) is 0 Å². The minimum atomic E-state index is 1.06. The van der Waals surface area contributed by atoms with Crippen molar-refractivity contribution in [1.29, 1.82) is 0 Å². The van der Waals surface area contributed by atoms with Crippen molar-refractivity contribution in [2.75, 3.05) is 4.90 Å². The second kappa shape index (κ2) is 18.4. The third-order valence-electron chi connectivity index (χ3n) is 14.1. The number of para-hydroxylation sites is 2. The predicted octanol–water partition coefficient (Wildman–Crippen LogP) is 19.4. The molecule has 1 heterocycles. The van der Waals surface area contributed by atoms with Gasteiger partial charge in [-0.1, -0.05) is 206 Å². The van der Waals surface area contributed by atoms with Crippen LogP contribution in [-0.4, -0.2) is 4.57 Å². The first-order valence-corrected chi connectivity index (χ1v) is 24.7. The maximum atomic E-state index is 2.44. The molecule has 2 heteroatoms. The van der Waals surface area contributed by atoms with E-state index in [1.165, 1.54) is 77.1 Å². The zero-order valence-corrected chi connectivity index (χ0v) is 39.6. The van der Waals surface area contributed by atoms with Crippen molar-refractivity contribution < 1.29 is 0 Å². The molecule has 0 saturated carbocycles. The number of anilines is 3. The van der Waals surface area contributed by atoms with Gasteiger partial charge in [0.1, 0.15) is 0 Å². The highest BCUT2D eigenvalue weighted by Gasteiger charge is 2.22. The van der Waals surface area contributed by atoms with E-state index in [4.69, 9.17) is 0 Å². The Kier molecular flexibility index (Phi) is 10.9. The Bertz CT molecular complexity index is 3930. The SMILES string of the molecule is c1ccc(-c2cc(-c3ccccc3)cc(-c3ccc(N(c4cc(-c5ccccc5)cc(-c5ccccc5)c4)c4cccc(-c5c6ccccc6cc6c5c5ccccc5n6-c5ccccc5)c4)cc3)c2)cc1. The Morgan fingerprint density at radius 2 is 0.653 bits per heavy atom. The lowest BCUT2D eigenvalue weighted by Crippen LogP contribution is -2.10. The number of fused-ring (bicyclic) bond motifs is 4. The van der Waals surface area contributed by atoms with E-state index in [1.54, 1.807) is 0 Å². The highest BCUT2D eigenvalue weighted by Crippen LogP contribution is 2.46. The van der Waals surface area contributed by atoms with Gasteiger partial charge in [0.15, 0.2) is 0 Å². The second-order valence-electron chi connectivity index (χ2n) is 18.5. The fourth-order valence-electron chi connectivity index (χ4n) is 10.7. The van der Waals surface area contributed by atoms with E-state index in [9.17, 15) is 0 Å². The smallest absolute Gasteiger partial charge is 0.0553 e. The highest BCUT2D eigenvalue weighted by atomic mass is 15.1. The van der Waals surface area contributed by atoms with Crippen molar-refractivity contribution in [3.05, 3.63) is 291 Å². The Balaban J connectivity index is 1.03. The number of benzene rings is 12. The monoisotopic (exact) mass is 916 g/mol. The summed E-state index contributed by atoms with van der Waals surface area (Å²) in [5.74, 6) is 0. The van der Waals surface area contributed by atoms with Gasteiger partial charge in [-0.25, -0.2) is 0 Å². The quantitative estimate of drug-likeness (QED) is 0.133. The van der Waals surface area contributed by atoms with Crippen molar-refractivity contribution in [3.8, 4) is 72.4 Å². The van der Waals surface area contributed by atoms with Gasteiger partial charge < -0.3 is 9.47 Å². The van der Waals surface area contributed by atoms with Crippen molar-refractivity contribution in [2.45, 2.75) is 0 Å². The van der Waals surface area contributed by atoms with Gasteiger partial charge in [-0.15, -0.1) is 0 Å². The van der Waals surface area contributed by atoms with E-state index in [0.717, 1.165) is 45.0 Å². The maximum absolute atomic E-state index is 2.44. The molecule has 0 amide bonds. The van der Waals surface area contributed by atoms with Crippen molar-refractivity contribution in [1.82, 2.24) is 4.57 Å². The summed E-state index contributed by atoms with van der Waals surface area (Å²) in [5, 5.41) is 4.89. The largest absolute Gasteiger partial charge is 0.310 e. The van der Waals surface area contributed by atoms with Crippen LogP contribution in [-0.2, 0) is 0 Å². The van der Waals surface area contributed by atoms with Gasteiger partial charge in [0.25, 0.3) is 0 Å². The molecule has 2 nitrogen and oxygen atoms in total. The Morgan fingerprint density at radius 1 is 0.236 bits per heavy atom. The highest BCUT2D eigenvalue weighted by molar-refractivity contribution is 6.23. The van der Waals surface area contributed by atoms with Crippen molar-refractivity contribution in [3.63, 3.8) is 0 Å². The molecule has 13 rings (SSSR count).